The fraction of sp³-hybridized carbons (Fsp3) is 0.350. The number of thiophene rings is 1. The number of carbonyl (C=O) groups is 1. The number of thiazole rings is 1. The van der Waals surface area contributed by atoms with Gasteiger partial charge in [0, 0.05) is 11.4 Å². The maximum Gasteiger partial charge on any atom is 0.236 e. The average molecular weight is 400 g/mol. The van der Waals surface area contributed by atoms with Crippen LogP contribution in [0, 0.1) is 6.92 Å². The predicted molar refractivity (Wildman–Crippen MR) is 110 cm³/mol. The molecule has 27 heavy (non-hydrogen) atoms. The number of aryl methyl sites for hydroxylation is 3. The molecule has 3 aromatic rings. The molecule has 0 saturated carbocycles. The molecule has 0 bridgehead atoms. The topological polar surface area (TPSA) is 59.2 Å². The molecule has 0 spiro atoms. The second-order valence-corrected chi connectivity index (χ2v) is 8.55. The van der Waals surface area contributed by atoms with Gasteiger partial charge in [0.05, 0.1) is 22.7 Å². The number of nitrogens with zero attached hydrogens (tertiary/aromatic N) is 3. The number of hydrogen-bond acceptors (Lipinski definition) is 6. The molecule has 1 aliphatic rings. The number of hydrogen-bond donors (Lipinski definition) is 0. The van der Waals surface area contributed by atoms with Crippen LogP contribution in [0.3, 0.4) is 0 Å². The Bertz CT molecular complexity index is 933. The molecule has 5 nitrogen and oxygen atoms in total. The van der Waals surface area contributed by atoms with Crippen molar-refractivity contribution in [3.8, 4) is 10.8 Å². The molecular weight excluding hydrogens is 378 g/mol. The lowest BCUT2D eigenvalue weighted by Crippen LogP contribution is -2.32. The van der Waals surface area contributed by atoms with E-state index in [1.54, 1.807) is 33.6 Å². The number of amides is 1. The van der Waals surface area contributed by atoms with E-state index in [2.05, 4.69) is 11.6 Å². The molecule has 0 N–H and O–H groups in total. The Morgan fingerprint density at radius 3 is 2.96 bits per heavy atom. The van der Waals surface area contributed by atoms with Gasteiger partial charge in [-0.15, -0.1) is 29.3 Å². The first-order chi connectivity index (χ1) is 13.2. The highest BCUT2D eigenvalue weighted by Gasteiger charge is 2.24. The molecule has 0 fully saturated rings. The summed E-state index contributed by atoms with van der Waals surface area (Å²) in [7, 11) is 0. The van der Waals surface area contributed by atoms with Crippen LogP contribution in [-0.2, 0) is 24.1 Å². The SMILES string of the molecule is C=CCN(C(=O)Cc1nc(-c2cccs2)oc1C)c1nc2c(s1)CCCC2. The first-order valence-electron chi connectivity index (χ1n) is 9.05. The molecule has 1 amide bonds. The van der Waals surface area contributed by atoms with E-state index < -0.39 is 0 Å². The molecule has 140 valence electrons. The van der Waals surface area contributed by atoms with Gasteiger partial charge in [-0.3, -0.25) is 9.69 Å². The quantitative estimate of drug-likeness (QED) is 0.558. The molecule has 0 atom stereocenters. The van der Waals surface area contributed by atoms with Gasteiger partial charge >= 0.3 is 0 Å². The van der Waals surface area contributed by atoms with E-state index in [4.69, 9.17) is 9.40 Å². The lowest BCUT2D eigenvalue weighted by Gasteiger charge is -2.17. The summed E-state index contributed by atoms with van der Waals surface area (Å²) in [4.78, 5) is 26.3. The van der Waals surface area contributed by atoms with Crippen molar-refractivity contribution in [1.82, 2.24) is 9.97 Å². The highest BCUT2D eigenvalue weighted by Crippen LogP contribution is 2.32. The highest BCUT2D eigenvalue weighted by molar-refractivity contribution is 7.16. The number of aromatic nitrogens is 2. The molecule has 0 saturated heterocycles. The van der Waals surface area contributed by atoms with Gasteiger partial charge < -0.3 is 4.42 Å². The van der Waals surface area contributed by atoms with Crippen molar-refractivity contribution in [2.75, 3.05) is 11.4 Å². The van der Waals surface area contributed by atoms with E-state index in [0.29, 0.717) is 23.9 Å². The van der Waals surface area contributed by atoms with Crippen molar-refractivity contribution in [2.45, 2.75) is 39.0 Å². The largest absolute Gasteiger partial charge is 0.440 e. The van der Waals surface area contributed by atoms with Crippen molar-refractivity contribution in [1.29, 1.82) is 0 Å². The van der Waals surface area contributed by atoms with Gasteiger partial charge in [-0.05, 0) is 44.1 Å². The second-order valence-electron chi connectivity index (χ2n) is 6.54. The van der Waals surface area contributed by atoms with E-state index in [0.717, 1.165) is 28.5 Å². The van der Waals surface area contributed by atoms with E-state index in [1.807, 2.05) is 24.4 Å². The van der Waals surface area contributed by atoms with E-state index in [9.17, 15) is 4.79 Å². The maximum atomic E-state index is 13.0. The number of carbonyl (C=O) groups excluding carboxylic acids is 1. The third-order valence-corrected chi connectivity index (χ3v) is 6.66. The summed E-state index contributed by atoms with van der Waals surface area (Å²) in [6.45, 7) is 6.10. The number of anilines is 1. The van der Waals surface area contributed by atoms with Crippen LogP contribution in [0.2, 0.25) is 0 Å². The highest BCUT2D eigenvalue weighted by atomic mass is 32.1. The van der Waals surface area contributed by atoms with E-state index in [1.165, 1.54) is 17.7 Å². The zero-order valence-corrected chi connectivity index (χ0v) is 16.9. The van der Waals surface area contributed by atoms with Gasteiger partial charge in [0.25, 0.3) is 0 Å². The van der Waals surface area contributed by atoms with Crippen molar-refractivity contribution in [2.24, 2.45) is 0 Å². The first-order valence-corrected chi connectivity index (χ1v) is 10.8. The summed E-state index contributed by atoms with van der Waals surface area (Å²) >= 11 is 3.20. The Morgan fingerprint density at radius 2 is 2.22 bits per heavy atom. The Balaban J connectivity index is 1.56. The van der Waals surface area contributed by atoms with Gasteiger partial charge in [0.2, 0.25) is 11.8 Å². The smallest absolute Gasteiger partial charge is 0.236 e. The summed E-state index contributed by atoms with van der Waals surface area (Å²) in [5, 5.41) is 2.75. The van der Waals surface area contributed by atoms with Gasteiger partial charge in [-0.25, -0.2) is 9.97 Å². The van der Waals surface area contributed by atoms with Crippen LogP contribution in [0.15, 0.2) is 34.6 Å². The molecule has 0 radical (unpaired) electrons. The molecule has 1 aliphatic carbocycles. The fourth-order valence-electron chi connectivity index (χ4n) is 3.21. The van der Waals surface area contributed by atoms with Crippen LogP contribution in [0.5, 0.6) is 0 Å². The summed E-state index contributed by atoms with van der Waals surface area (Å²) in [5.41, 5.74) is 1.83. The van der Waals surface area contributed by atoms with Crippen LogP contribution >= 0.6 is 22.7 Å². The second kappa shape index (κ2) is 7.78. The third kappa shape index (κ3) is 3.75. The van der Waals surface area contributed by atoms with Crippen LogP contribution in [0.1, 0.15) is 34.9 Å². The average Bonchev–Trinajstić information content (AvgIpc) is 3.39. The molecule has 0 aromatic carbocycles. The molecule has 3 heterocycles. The van der Waals surface area contributed by atoms with Crippen LogP contribution < -0.4 is 4.90 Å². The van der Waals surface area contributed by atoms with E-state index in [-0.39, 0.29) is 12.3 Å². The maximum absolute atomic E-state index is 13.0. The van der Waals surface area contributed by atoms with Crippen molar-refractivity contribution < 1.29 is 9.21 Å². The predicted octanol–water partition coefficient (Wildman–Crippen LogP) is 4.81. The molecule has 0 unspecified atom stereocenters. The number of oxazole rings is 1. The van der Waals surface area contributed by atoms with Crippen LogP contribution in [0.25, 0.3) is 10.8 Å². The Labute approximate surface area is 166 Å². The van der Waals surface area contributed by atoms with Crippen molar-refractivity contribution >= 4 is 33.7 Å². The minimum absolute atomic E-state index is 0.0323. The van der Waals surface area contributed by atoms with Crippen LogP contribution in [0.4, 0.5) is 5.13 Å². The molecule has 4 rings (SSSR count). The van der Waals surface area contributed by atoms with E-state index >= 15 is 0 Å². The van der Waals surface area contributed by atoms with Crippen molar-refractivity contribution in [3.63, 3.8) is 0 Å². The van der Waals surface area contributed by atoms with Crippen molar-refractivity contribution in [3.05, 3.63) is 52.2 Å². The molecule has 7 heteroatoms. The van der Waals surface area contributed by atoms with Gasteiger partial charge in [0.15, 0.2) is 5.13 Å². The standard InChI is InChI=1S/C20H21N3O2S2/c1-3-10-23(20-22-14-7-4-5-8-16(14)27-20)18(24)12-15-13(2)25-19(21-15)17-9-6-11-26-17/h3,6,9,11H,1,4-5,7-8,10,12H2,2H3. The van der Waals surface area contributed by atoms with Gasteiger partial charge in [-0.1, -0.05) is 12.1 Å². The third-order valence-electron chi connectivity index (χ3n) is 4.62. The Morgan fingerprint density at radius 1 is 1.37 bits per heavy atom. The number of rotatable bonds is 6. The summed E-state index contributed by atoms with van der Waals surface area (Å²) < 4.78 is 5.77. The summed E-state index contributed by atoms with van der Waals surface area (Å²) in [6, 6.07) is 3.92. The minimum atomic E-state index is -0.0323. The Kier molecular flexibility index (Phi) is 5.22. The summed E-state index contributed by atoms with van der Waals surface area (Å²) in [6.07, 6.45) is 6.39. The lowest BCUT2D eigenvalue weighted by molar-refractivity contribution is -0.117. The van der Waals surface area contributed by atoms with Gasteiger partial charge in [-0.2, -0.15) is 0 Å². The molecule has 3 aromatic heterocycles. The monoisotopic (exact) mass is 399 g/mol. The Hall–Kier alpha value is -2.25. The van der Waals surface area contributed by atoms with Gasteiger partial charge in [0.1, 0.15) is 5.76 Å². The zero-order chi connectivity index (χ0) is 18.8. The molecule has 0 aliphatic heterocycles. The lowest BCUT2D eigenvalue weighted by atomic mass is 10.0. The normalized spacial score (nSPS) is 13.4. The molecular formula is C20H21N3O2S2. The fourth-order valence-corrected chi connectivity index (χ4v) is 5.03. The zero-order valence-electron chi connectivity index (χ0n) is 15.2. The van der Waals surface area contributed by atoms with Crippen LogP contribution in [-0.4, -0.2) is 22.4 Å². The number of fused-ring (bicyclic) bond motifs is 1. The summed E-state index contributed by atoms with van der Waals surface area (Å²) in [5.74, 6) is 1.23. The minimum Gasteiger partial charge on any atom is -0.440 e. The first kappa shape index (κ1) is 18.1.